The van der Waals surface area contributed by atoms with Gasteiger partial charge in [0, 0.05) is 13.8 Å². The van der Waals surface area contributed by atoms with Crippen LogP contribution in [0.15, 0.2) is 0 Å². The summed E-state index contributed by atoms with van der Waals surface area (Å²) < 4.78 is 9.68. The van der Waals surface area contributed by atoms with Crippen molar-refractivity contribution < 1.29 is 44.0 Å². The second kappa shape index (κ2) is 5.51. The maximum atomic E-state index is 12.1. The Hall–Kier alpha value is -1.68. The molecule has 1 saturated heterocycles. The summed E-state index contributed by atoms with van der Waals surface area (Å²) >= 11 is 0. The highest BCUT2D eigenvalue weighted by Crippen LogP contribution is 2.49. The van der Waals surface area contributed by atoms with E-state index in [4.69, 9.17) is 9.47 Å². The Balaban J connectivity index is 3.85. The van der Waals surface area contributed by atoms with Crippen LogP contribution in [0, 0.1) is 0 Å². The van der Waals surface area contributed by atoms with Gasteiger partial charge in [-0.25, -0.2) is 0 Å². The van der Waals surface area contributed by atoms with Crippen LogP contribution >= 0.6 is 0 Å². The zero-order valence-electron chi connectivity index (χ0n) is 12.6. The quantitative estimate of drug-likeness (QED) is 0.483. The molecule has 124 valence electrons. The Morgan fingerprint density at radius 2 is 1.50 bits per heavy atom. The Morgan fingerprint density at radius 1 is 1.00 bits per heavy atom. The van der Waals surface area contributed by atoms with Gasteiger partial charge in [0.25, 0.3) is 11.4 Å². The van der Waals surface area contributed by atoms with Crippen LogP contribution in [0.1, 0.15) is 27.7 Å². The molecule has 0 radical (unpaired) electrons. The topological polar surface area (TPSA) is 147 Å². The van der Waals surface area contributed by atoms with E-state index in [9.17, 15) is 34.5 Å². The molecule has 1 rings (SSSR count). The van der Waals surface area contributed by atoms with Gasteiger partial charge < -0.3 is 24.8 Å². The van der Waals surface area contributed by atoms with Crippen molar-refractivity contribution in [1.29, 1.82) is 0 Å². The van der Waals surface area contributed by atoms with Crippen LogP contribution in [0.25, 0.3) is 0 Å². The summed E-state index contributed by atoms with van der Waals surface area (Å²) in [5.41, 5.74) is -5.95. The fraction of sp³-hybridized carbons (Fsp3) is 0.692. The number of carbonyl (C=O) groups excluding carboxylic acids is 4. The molecule has 9 heteroatoms. The molecule has 3 N–H and O–H groups in total. The summed E-state index contributed by atoms with van der Waals surface area (Å²) in [6.45, 7) is 2.33. The number of rotatable bonds is 5. The number of ether oxygens (including phenoxy) is 2. The monoisotopic (exact) mass is 318 g/mol. The van der Waals surface area contributed by atoms with E-state index in [1.165, 1.54) is 0 Å². The molecule has 0 aromatic heterocycles. The second-order valence-electron chi connectivity index (χ2n) is 5.14. The first-order valence-corrected chi connectivity index (χ1v) is 6.37. The molecule has 0 spiro atoms. The van der Waals surface area contributed by atoms with E-state index in [-0.39, 0.29) is 0 Å². The second-order valence-corrected chi connectivity index (χ2v) is 5.14. The van der Waals surface area contributed by atoms with E-state index in [2.05, 4.69) is 0 Å². The zero-order valence-corrected chi connectivity index (χ0v) is 12.6. The van der Waals surface area contributed by atoms with Crippen LogP contribution < -0.4 is 0 Å². The highest BCUT2D eigenvalue weighted by molar-refractivity contribution is 6.06. The number of hydrogen-bond donors (Lipinski definition) is 3. The number of aliphatic hydroxyl groups is 3. The molecule has 9 nitrogen and oxygen atoms in total. The van der Waals surface area contributed by atoms with Crippen LogP contribution in [0.5, 0.6) is 0 Å². The maximum Gasteiger partial charge on any atom is 0.303 e. The third kappa shape index (κ3) is 2.01. The molecule has 1 aliphatic rings. The van der Waals surface area contributed by atoms with Gasteiger partial charge in [0.05, 0.1) is 6.61 Å². The summed E-state index contributed by atoms with van der Waals surface area (Å²) in [6.07, 6.45) is -1.85. The first kappa shape index (κ1) is 18.4. The highest BCUT2D eigenvalue weighted by atomic mass is 16.7. The van der Waals surface area contributed by atoms with Gasteiger partial charge >= 0.3 is 5.97 Å². The summed E-state index contributed by atoms with van der Waals surface area (Å²) in [6, 6.07) is 0. The van der Waals surface area contributed by atoms with Gasteiger partial charge in [-0.1, -0.05) is 0 Å². The van der Waals surface area contributed by atoms with Crippen molar-refractivity contribution in [3.05, 3.63) is 0 Å². The molecule has 0 saturated carbocycles. The molecular formula is C13H18O9. The minimum absolute atomic E-state index is 0.813. The lowest BCUT2D eigenvalue weighted by atomic mass is 9.70. The van der Waals surface area contributed by atoms with E-state index < -0.39 is 53.0 Å². The van der Waals surface area contributed by atoms with Gasteiger partial charge in [0.1, 0.15) is 6.10 Å². The fourth-order valence-electron chi connectivity index (χ4n) is 2.78. The number of Topliss-reactive ketones (excluding diaryl/α,β-unsaturated/α-hetero) is 3. The molecule has 0 aromatic rings. The van der Waals surface area contributed by atoms with E-state index in [1.54, 1.807) is 0 Å². The number of aliphatic hydroxyl groups excluding tert-OH is 1. The van der Waals surface area contributed by atoms with Crippen LogP contribution in [-0.4, -0.2) is 68.3 Å². The Kier molecular flexibility index (Phi) is 4.60. The van der Waals surface area contributed by atoms with E-state index in [1.807, 2.05) is 0 Å². The van der Waals surface area contributed by atoms with Gasteiger partial charge in [-0.3, -0.25) is 19.2 Å². The molecule has 1 heterocycles. The van der Waals surface area contributed by atoms with Crippen molar-refractivity contribution >= 4 is 23.3 Å². The molecule has 0 aliphatic carbocycles. The molecule has 1 fully saturated rings. The molecule has 0 bridgehead atoms. The minimum atomic E-state index is -3.11. The molecule has 0 amide bonds. The van der Waals surface area contributed by atoms with E-state index in [0.29, 0.717) is 0 Å². The molecule has 22 heavy (non-hydrogen) atoms. The van der Waals surface area contributed by atoms with Gasteiger partial charge in [-0.15, -0.1) is 0 Å². The normalized spacial score (nSPS) is 37.7. The lowest BCUT2D eigenvalue weighted by Gasteiger charge is -2.42. The third-order valence-electron chi connectivity index (χ3n) is 3.77. The summed E-state index contributed by atoms with van der Waals surface area (Å²) in [4.78, 5) is 47.3. The summed E-state index contributed by atoms with van der Waals surface area (Å²) in [7, 11) is 0. The Morgan fingerprint density at radius 3 is 1.77 bits per heavy atom. The molecule has 1 aliphatic heterocycles. The van der Waals surface area contributed by atoms with Crippen LogP contribution in [0.4, 0.5) is 0 Å². The highest BCUT2D eigenvalue weighted by Gasteiger charge is 2.82. The van der Waals surface area contributed by atoms with Crippen LogP contribution in [0.3, 0.4) is 0 Å². The molecule has 0 aromatic carbocycles. The Labute approximate surface area is 125 Å². The van der Waals surface area contributed by atoms with Crippen molar-refractivity contribution in [3.8, 4) is 0 Å². The molecular weight excluding hydrogens is 300 g/mol. The van der Waals surface area contributed by atoms with Crippen molar-refractivity contribution in [2.45, 2.75) is 50.8 Å². The van der Waals surface area contributed by atoms with Crippen molar-refractivity contribution in [2.75, 3.05) is 6.61 Å². The number of hydrogen-bond acceptors (Lipinski definition) is 9. The standard InChI is InChI=1S/C13H18O9/c1-6(15)11(19)10(5-14)22-13(20,8(3)17)12(11,7(2)16)21-9(4)18/h10,14,19-20H,5H2,1-4H3/t10-,11-,12-,13?/m1/s1. The zero-order chi connectivity index (χ0) is 17.5. The average molecular weight is 318 g/mol. The molecule has 4 atom stereocenters. The maximum absolute atomic E-state index is 12.1. The lowest BCUT2D eigenvalue weighted by Crippen LogP contribution is -2.74. The number of ketones is 3. The first-order valence-electron chi connectivity index (χ1n) is 6.37. The van der Waals surface area contributed by atoms with Crippen LogP contribution in [-0.2, 0) is 28.7 Å². The SMILES string of the molecule is CC(=O)O[C@@]1(C(C)=O)C(O)(C(C)=O)O[C@H](CO)[C@]1(O)C(C)=O. The third-order valence-corrected chi connectivity index (χ3v) is 3.77. The van der Waals surface area contributed by atoms with Crippen molar-refractivity contribution in [1.82, 2.24) is 0 Å². The van der Waals surface area contributed by atoms with Gasteiger partial charge in [-0.2, -0.15) is 0 Å². The largest absolute Gasteiger partial charge is 0.441 e. The number of esters is 1. The summed E-state index contributed by atoms with van der Waals surface area (Å²) in [5, 5.41) is 30.5. The smallest absolute Gasteiger partial charge is 0.303 e. The van der Waals surface area contributed by atoms with Gasteiger partial charge in [-0.05, 0) is 13.8 Å². The van der Waals surface area contributed by atoms with Crippen molar-refractivity contribution in [3.63, 3.8) is 0 Å². The van der Waals surface area contributed by atoms with Crippen LogP contribution in [0.2, 0.25) is 0 Å². The van der Waals surface area contributed by atoms with E-state index >= 15 is 0 Å². The predicted octanol–water partition coefficient (Wildman–Crippen LogP) is -2.13. The van der Waals surface area contributed by atoms with Gasteiger partial charge in [0.2, 0.25) is 5.60 Å². The number of carbonyl (C=O) groups is 4. The molecule has 1 unspecified atom stereocenters. The fourth-order valence-corrected chi connectivity index (χ4v) is 2.78. The van der Waals surface area contributed by atoms with E-state index in [0.717, 1.165) is 27.7 Å². The van der Waals surface area contributed by atoms with Crippen molar-refractivity contribution in [2.24, 2.45) is 0 Å². The minimum Gasteiger partial charge on any atom is -0.441 e. The first-order chi connectivity index (χ1) is 9.91. The average Bonchev–Trinajstić information content (AvgIpc) is 2.59. The predicted molar refractivity (Wildman–Crippen MR) is 68.4 cm³/mol. The summed E-state index contributed by atoms with van der Waals surface area (Å²) in [5.74, 6) is -7.75. The Bertz CT molecular complexity index is 542. The van der Waals surface area contributed by atoms with Gasteiger partial charge in [0.15, 0.2) is 17.3 Å². The lowest BCUT2D eigenvalue weighted by molar-refractivity contribution is -0.256.